The molecule has 0 saturated heterocycles. The normalized spacial score (nSPS) is 11.8. The molecule has 0 fully saturated rings. The first-order chi connectivity index (χ1) is 10.8. The van der Waals surface area contributed by atoms with Crippen molar-refractivity contribution >= 4 is 22.8 Å². The van der Waals surface area contributed by atoms with Crippen LogP contribution in [0.3, 0.4) is 0 Å². The average Bonchev–Trinajstić information content (AvgIpc) is 2.45. The first-order valence-corrected chi connectivity index (χ1v) is 6.64. The topological polar surface area (TPSA) is 90.7 Å². The number of alkyl halides is 3. The van der Waals surface area contributed by atoms with E-state index in [1.807, 2.05) is 0 Å². The van der Waals surface area contributed by atoms with E-state index in [2.05, 4.69) is 15.0 Å². The summed E-state index contributed by atoms with van der Waals surface area (Å²) in [6.07, 6.45) is -4.48. The molecule has 118 valence electrons. The molecule has 5 nitrogen and oxygen atoms in total. The third-order valence-corrected chi connectivity index (χ3v) is 3.42. The Hall–Kier alpha value is -2.90. The van der Waals surface area contributed by atoms with Crippen LogP contribution in [-0.2, 0) is 6.18 Å². The van der Waals surface area contributed by atoms with E-state index in [0.29, 0.717) is 10.9 Å². The van der Waals surface area contributed by atoms with Gasteiger partial charge in [-0.25, -0.2) is 4.98 Å². The number of benzene rings is 1. The molecule has 0 aliphatic carbocycles. The second-order valence-corrected chi connectivity index (χ2v) is 5.03. The maximum Gasteiger partial charge on any atom is 0.417 e. The average molecular weight is 319 g/mol. The number of aromatic nitrogens is 3. The van der Waals surface area contributed by atoms with Crippen molar-refractivity contribution in [2.45, 2.75) is 13.1 Å². The summed E-state index contributed by atoms with van der Waals surface area (Å²) in [6, 6.07) is 6.76. The molecule has 3 rings (SSSR count). The Kier molecular flexibility index (Phi) is 3.32. The van der Waals surface area contributed by atoms with Crippen molar-refractivity contribution in [3.05, 3.63) is 41.5 Å². The summed E-state index contributed by atoms with van der Waals surface area (Å²) in [6.45, 7) is 1.71. The lowest BCUT2D eigenvalue weighted by Crippen LogP contribution is -2.08. The van der Waals surface area contributed by atoms with Gasteiger partial charge in [-0.2, -0.15) is 23.1 Å². The van der Waals surface area contributed by atoms with E-state index >= 15 is 0 Å². The van der Waals surface area contributed by atoms with Gasteiger partial charge in [-0.05, 0) is 24.6 Å². The lowest BCUT2D eigenvalue weighted by atomic mass is 10.0. The molecule has 3 aromatic rings. The molecule has 2 heterocycles. The smallest absolute Gasteiger partial charge is 0.383 e. The van der Waals surface area contributed by atoms with Crippen LogP contribution >= 0.6 is 0 Å². The summed E-state index contributed by atoms with van der Waals surface area (Å²) in [7, 11) is 0. The lowest BCUT2D eigenvalue weighted by Gasteiger charge is -2.13. The highest BCUT2D eigenvalue weighted by molar-refractivity contribution is 5.91. The highest BCUT2D eigenvalue weighted by Crippen LogP contribution is 2.37. The van der Waals surface area contributed by atoms with Gasteiger partial charge in [0.15, 0.2) is 5.65 Å². The molecule has 0 saturated carbocycles. The number of aryl methyl sites for hydroxylation is 1. The second-order valence-electron chi connectivity index (χ2n) is 5.03. The quantitative estimate of drug-likeness (QED) is 0.719. The fraction of sp³-hybridized carbons (Fsp3) is 0.133. The lowest BCUT2D eigenvalue weighted by molar-refractivity contribution is -0.137. The summed E-state index contributed by atoms with van der Waals surface area (Å²) >= 11 is 0. The van der Waals surface area contributed by atoms with Crippen molar-refractivity contribution in [1.82, 2.24) is 15.0 Å². The molecular weight excluding hydrogens is 307 g/mol. The SMILES string of the molecule is Cc1cc(-c2ccccc2C(F)(F)F)nc2nc(N)nc(N)c12. The van der Waals surface area contributed by atoms with Crippen LogP contribution in [0.5, 0.6) is 0 Å². The molecule has 8 heteroatoms. The summed E-state index contributed by atoms with van der Waals surface area (Å²) in [5, 5.41) is 0.479. The van der Waals surface area contributed by atoms with Crippen LogP contribution in [0.15, 0.2) is 30.3 Å². The van der Waals surface area contributed by atoms with Crippen LogP contribution in [0, 0.1) is 6.92 Å². The largest absolute Gasteiger partial charge is 0.417 e. The zero-order valence-corrected chi connectivity index (χ0v) is 12.0. The molecule has 0 aliphatic rings. The Morgan fingerprint density at radius 1 is 1.00 bits per heavy atom. The fourth-order valence-electron chi connectivity index (χ4n) is 2.46. The molecule has 4 N–H and O–H groups in total. The van der Waals surface area contributed by atoms with Crippen LogP contribution < -0.4 is 11.5 Å². The van der Waals surface area contributed by atoms with Gasteiger partial charge in [0.05, 0.1) is 16.6 Å². The van der Waals surface area contributed by atoms with Crippen molar-refractivity contribution in [3.8, 4) is 11.3 Å². The molecule has 0 atom stereocenters. The number of nitrogen functional groups attached to an aromatic ring is 2. The van der Waals surface area contributed by atoms with E-state index < -0.39 is 11.7 Å². The standard InChI is InChI=1S/C15H12F3N5/c1-7-6-10(8-4-2-3-5-9(8)15(16,17)18)21-13-11(7)12(19)22-14(20)23-13/h2-6H,1H3,(H4,19,20,21,22,23). The number of hydrogen-bond acceptors (Lipinski definition) is 5. The Bertz CT molecular complexity index is 905. The van der Waals surface area contributed by atoms with Gasteiger partial charge in [-0.1, -0.05) is 18.2 Å². The van der Waals surface area contributed by atoms with E-state index in [1.54, 1.807) is 6.92 Å². The maximum atomic E-state index is 13.2. The number of fused-ring (bicyclic) bond motifs is 1. The van der Waals surface area contributed by atoms with Gasteiger partial charge < -0.3 is 11.5 Å². The molecule has 1 aromatic carbocycles. The first kappa shape index (κ1) is 15.0. The van der Waals surface area contributed by atoms with E-state index in [4.69, 9.17) is 11.5 Å². The third-order valence-electron chi connectivity index (χ3n) is 3.42. The van der Waals surface area contributed by atoms with Crippen LogP contribution in [0.2, 0.25) is 0 Å². The Morgan fingerprint density at radius 3 is 2.39 bits per heavy atom. The highest BCUT2D eigenvalue weighted by Gasteiger charge is 2.33. The van der Waals surface area contributed by atoms with Gasteiger partial charge in [0.2, 0.25) is 5.95 Å². The number of nitrogens with two attached hydrogens (primary N) is 2. The molecule has 0 amide bonds. The molecule has 0 bridgehead atoms. The van der Waals surface area contributed by atoms with Crippen molar-refractivity contribution in [2.75, 3.05) is 11.5 Å². The van der Waals surface area contributed by atoms with Crippen LogP contribution in [0.4, 0.5) is 24.9 Å². The zero-order chi connectivity index (χ0) is 16.8. The predicted molar refractivity (Wildman–Crippen MR) is 81.3 cm³/mol. The van der Waals surface area contributed by atoms with Crippen LogP contribution in [0.1, 0.15) is 11.1 Å². The van der Waals surface area contributed by atoms with Crippen molar-refractivity contribution in [2.24, 2.45) is 0 Å². The van der Waals surface area contributed by atoms with E-state index in [1.165, 1.54) is 24.3 Å². The first-order valence-electron chi connectivity index (χ1n) is 6.64. The Balaban J connectivity index is 2.31. The zero-order valence-electron chi connectivity index (χ0n) is 12.0. The summed E-state index contributed by atoms with van der Waals surface area (Å²) in [5.41, 5.74) is 11.5. The van der Waals surface area contributed by atoms with Gasteiger partial charge in [0, 0.05) is 5.56 Å². The molecule has 2 aromatic heterocycles. The number of anilines is 2. The van der Waals surface area contributed by atoms with Crippen molar-refractivity contribution in [1.29, 1.82) is 0 Å². The van der Waals surface area contributed by atoms with Gasteiger partial charge in [0.25, 0.3) is 0 Å². The number of pyridine rings is 1. The third kappa shape index (κ3) is 2.63. The molecule has 0 unspecified atom stereocenters. The number of halogens is 3. The molecule has 0 radical (unpaired) electrons. The monoisotopic (exact) mass is 319 g/mol. The number of hydrogen-bond donors (Lipinski definition) is 2. The summed E-state index contributed by atoms with van der Waals surface area (Å²) in [4.78, 5) is 12.0. The Labute approximate surface area is 129 Å². The summed E-state index contributed by atoms with van der Waals surface area (Å²) < 4.78 is 39.5. The second kappa shape index (κ2) is 5.08. The van der Waals surface area contributed by atoms with Crippen molar-refractivity contribution in [3.63, 3.8) is 0 Å². The van der Waals surface area contributed by atoms with Gasteiger partial charge in [0.1, 0.15) is 5.82 Å². The number of nitrogens with zero attached hydrogens (tertiary/aromatic N) is 3. The molecule has 0 spiro atoms. The minimum atomic E-state index is -4.48. The van der Waals surface area contributed by atoms with Crippen LogP contribution in [-0.4, -0.2) is 15.0 Å². The van der Waals surface area contributed by atoms with Crippen LogP contribution in [0.25, 0.3) is 22.3 Å². The number of rotatable bonds is 1. The van der Waals surface area contributed by atoms with E-state index in [-0.39, 0.29) is 28.7 Å². The minimum absolute atomic E-state index is 0.0271. The van der Waals surface area contributed by atoms with Gasteiger partial charge in [-0.3, -0.25) is 0 Å². The van der Waals surface area contributed by atoms with Gasteiger partial charge >= 0.3 is 6.18 Å². The van der Waals surface area contributed by atoms with Gasteiger partial charge in [-0.15, -0.1) is 0 Å². The molecule has 0 aliphatic heterocycles. The Morgan fingerprint density at radius 2 is 1.70 bits per heavy atom. The molecule has 23 heavy (non-hydrogen) atoms. The summed E-state index contributed by atoms with van der Waals surface area (Å²) in [5.74, 6) is 0.0660. The fourth-order valence-corrected chi connectivity index (χ4v) is 2.46. The molecular formula is C15H12F3N5. The highest BCUT2D eigenvalue weighted by atomic mass is 19.4. The van der Waals surface area contributed by atoms with E-state index in [0.717, 1.165) is 6.07 Å². The van der Waals surface area contributed by atoms with Crippen molar-refractivity contribution < 1.29 is 13.2 Å². The predicted octanol–water partition coefficient (Wildman–Crippen LogP) is 3.18. The minimum Gasteiger partial charge on any atom is -0.383 e. The maximum absolute atomic E-state index is 13.2. The van der Waals surface area contributed by atoms with E-state index in [9.17, 15) is 13.2 Å².